The van der Waals surface area contributed by atoms with Crippen molar-refractivity contribution >= 4 is 31.2 Å². The molecule has 2 aliphatic heterocycles. The molecule has 0 radical (unpaired) electrons. The topological polar surface area (TPSA) is 84.0 Å². The number of hydrogen-bond acceptors (Lipinski definition) is 7. The van der Waals surface area contributed by atoms with Gasteiger partial charge in [0.25, 0.3) is 10.0 Å². The molecule has 1 aromatic rings. The second-order valence-electron chi connectivity index (χ2n) is 6.41. The molecule has 0 aromatic carbocycles. The quantitative estimate of drug-likeness (QED) is 0.659. The summed E-state index contributed by atoms with van der Waals surface area (Å²) in [5, 5.41) is 1.73. The van der Waals surface area contributed by atoms with E-state index < -0.39 is 25.9 Å². The van der Waals surface area contributed by atoms with Crippen molar-refractivity contribution in [3.8, 4) is 0 Å². The first-order chi connectivity index (χ1) is 11.9. The Hall–Kier alpha value is -0.520. The van der Waals surface area contributed by atoms with Crippen LogP contribution in [0.3, 0.4) is 0 Å². The van der Waals surface area contributed by atoms with Gasteiger partial charge in [0.15, 0.2) is 9.84 Å². The molecule has 3 rings (SSSR count). The number of morpholine rings is 1. The Balaban J connectivity index is 1.70. The van der Waals surface area contributed by atoms with E-state index in [1.165, 1.54) is 15.6 Å². The number of sulfone groups is 1. The first-order valence-corrected chi connectivity index (χ1v) is 12.6. The summed E-state index contributed by atoms with van der Waals surface area (Å²) in [5.41, 5.74) is 0. The first-order valence-electron chi connectivity index (χ1n) is 8.44. The van der Waals surface area contributed by atoms with Crippen molar-refractivity contribution < 1.29 is 21.6 Å². The first kappa shape index (κ1) is 19.2. The van der Waals surface area contributed by atoms with Gasteiger partial charge in [0.05, 0.1) is 24.7 Å². The molecular formula is C15H24N2O5S3. The molecule has 0 amide bonds. The SMILES string of the molecule is O=S1(=O)CC[C@H](N(CCCN2CCOCC2)S(=O)(=O)c2cccs2)C1. The zero-order valence-corrected chi connectivity index (χ0v) is 16.5. The third-order valence-electron chi connectivity index (χ3n) is 4.63. The van der Waals surface area contributed by atoms with Crippen molar-refractivity contribution in [3.63, 3.8) is 0 Å². The highest BCUT2D eigenvalue weighted by molar-refractivity contribution is 7.92. The number of thiophene rings is 1. The maximum Gasteiger partial charge on any atom is 0.252 e. The van der Waals surface area contributed by atoms with Gasteiger partial charge in [-0.1, -0.05) is 6.07 Å². The molecule has 0 bridgehead atoms. The molecule has 0 aliphatic carbocycles. The fourth-order valence-electron chi connectivity index (χ4n) is 3.30. The Kier molecular flexibility index (Phi) is 6.17. The van der Waals surface area contributed by atoms with E-state index in [2.05, 4.69) is 4.90 Å². The van der Waals surface area contributed by atoms with Crippen LogP contribution in [0.5, 0.6) is 0 Å². The molecule has 10 heteroatoms. The number of rotatable bonds is 7. The summed E-state index contributed by atoms with van der Waals surface area (Å²) < 4.78 is 56.7. The van der Waals surface area contributed by atoms with Crippen LogP contribution in [0.25, 0.3) is 0 Å². The number of ether oxygens (including phenoxy) is 1. The van der Waals surface area contributed by atoms with E-state index in [9.17, 15) is 16.8 Å². The third kappa shape index (κ3) is 4.81. The Morgan fingerprint density at radius 2 is 2.08 bits per heavy atom. The molecule has 2 saturated heterocycles. The number of nitrogens with zero attached hydrogens (tertiary/aromatic N) is 2. The summed E-state index contributed by atoms with van der Waals surface area (Å²) in [5.74, 6) is -0.00719. The lowest BCUT2D eigenvalue weighted by Gasteiger charge is -2.30. The van der Waals surface area contributed by atoms with Crippen molar-refractivity contribution in [2.45, 2.75) is 23.1 Å². The minimum atomic E-state index is -3.65. The predicted molar refractivity (Wildman–Crippen MR) is 97.1 cm³/mol. The summed E-state index contributed by atoms with van der Waals surface area (Å²) in [6.07, 6.45) is 1.06. The smallest absolute Gasteiger partial charge is 0.252 e. The van der Waals surface area contributed by atoms with E-state index in [4.69, 9.17) is 4.74 Å². The molecule has 2 fully saturated rings. The van der Waals surface area contributed by atoms with Crippen molar-refractivity contribution in [1.82, 2.24) is 9.21 Å². The van der Waals surface area contributed by atoms with Crippen molar-refractivity contribution in [2.24, 2.45) is 0 Å². The highest BCUT2D eigenvalue weighted by Gasteiger charge is 2.38. The number of hydrogen-bond donors (Lipinski definition) is 0. The highest BCUT2D eigenvalue weighted by atomic mass is 32.2. The lowest BCUT2D eigenvalue weighted by molar-refractivity contribution is 0.0367. The van der Waals surface area contributed by atoms with Gasteiger partial charge >= 0.3 is 0 Å². The van der Waals surface area contributed by atoms with Crippen LogP contribution >= 0.6 is 11.3 Å². The Morgan fingerprint density at radius 3 is 2.68 bits per heavy atom. The molecular weight excluding hydrogens is 384 g/mol. The largest absolute Gasteiger partial charge is 0.379 e. The Labute approximate surface area is 153 Å². The van der Waals surface area contributed by atoms with Crippen LogP contribution in [0, 0.1) is 0 Å². The maximum absolute atomic E-state index is 13.0. The average molecular weight is 409 g/mol. The standard InChI is InChI=1S/C15H24N2O5S3/c18-24(19)12-4-14(13-24)17(25(20,21)15-3-1-11-23-15)6-2-5-16-7-9-22-10-8-16/h1,3,11,14H,2,4-10,12-13H2/t14-/m0/s1. The minimum absolute atomic E-state index is 0.0671. The summed E-state index contributed by atoms with van der Waals surface area (Å²) in [6, 6.07) is 2.83. The van der Waals surface area contributed by atoms with Crippen LogP contribution < -0.4 is 0 Å². The summed E-state index contributed by atoms with van der Waals surface area (Å²) in [7, 11) is -6.79. The molecule has 25 heavy (non-hydrogen) atoms. The van der Waals surface area contributed by atoms with Gasteiger partial charge < -0.3 is 4.74 Å². The lowest BCUT2D eigenvalue weighted by Crippen LogP contribution is -2.43. The molecule has 0 unspecified atom stereocenters. The van der Waals surface area contributed by atoms with Crippen molar-refractivity contribution in [1.29, 1.82) is 0 Å². The van der Waals surface area contributed by atoms with Crippen LogP contribution in [-0.2, 0) is 24.6 Å². The minimum Gasteiger partial charge on any atom is -0.379 e. The second-order valence-corrected chi connectivity index (χ2v) is 11.7. The van der Waals surface area contributed by atoms with E-state index in [0.29, 0.717) is 32.6 Å². The predicted octanol–water partition coefficient (Wildman–Crippen LogP) is 0.648. The van der Waals surface area contributed by atoms with Crippen LogP contribution in [0.4, 0.5) is 0 Å². The van der Waals surface area contributed by atoms with Crippen molar-refractivity contribution in [3.05, 3.63) is 17.5 Å². The fourth-order valence-corrected chi connectivity index (χ4v) is 7.94. The van der Waals surface area contributed by atoms with Crippen molar-refractivity contribution in [2.75, 3.05) is 50.9 Å². The lowest BCUT2D eigenvalue weighted by atomic mass is 10.2. The third-order valence-corrected chi connectivity index (χ3v) is 9.71. The van der Waals surface area contributed by atoms with Gasteiger partial charge in [0.2, 0.25) is 0 Å². The van der Waals surface area contributed by atoms with E-state index >= 15 is 0 Å². The average Bonchev–Trinajstić information content (AvgIpc) is 3.22. The molecule has 0 saturated carbocycles. The van der Waals surface area contributed by atoms with Gasteiger partial charge in [-0.25, -0.2) is 16.8 Å². The zero-order valence-electron chi connectivity index (χ0n) is 14.0. The maximum atomic E-state index is 13.0. The molecule has 1 atom stereocenters. The molecule has 0 N–H and O–H groups in total. The summed E-state index contributed by atoms with van der Waals surface area (Å²) in [4.78, 5) is 2.25. The van der Waals surface area contributed by atoms with Gasteiger partial charge in [-0.05, 0) is 30.8 Å². The second kappa shape index (κ2) is 8.01. The van der Waals surface area contributed by atoms with Gasteiger partial charge in [0, 0.05) is 25.7 Å². The van der Waals surface area contributed by atoms with E-state index in [0.717, 1.165) is 19.6 Å². The van der Waals surface area contributed by atoms with Crippen LogP contribution in [-0.4, -0.2) is 83.0 Å². The van der Waals surface area contributed by atoms with E-state index in [1.807, 2.05) is 0 Å². The molecule has 0 spiro atoms. The molecule has 7 nitrogen and oxygen atoms in total. The van der Waals surface area contributed by atoms with Gasteiger partial charge in [-0.2, -0.15) is 4.31 Å². The molecule has 2 aliphatic rings. The summed E-state index contributed by atoms with van der Waals surface area (Å²) >= 11 is 1.17. The van der Waals surface area contributed by atoms with Crippen LogP contribution in [0.2, 0.25) is 0 Å². The Bertz CT molecular complexity index is 755. The van der Waals surface area contributed by atoms with Gasteiger partial charge in [-0.3, -0.25) is 4.90 Å². The monoisotopic (exact) mass is 408 g/mol. The normalized spacial score (nSPS) is 24.8. The number of sulfonamides is 1. The van der Waals surface area contributed by atoms with E-state index in [1.54, 1.807) is 17.5 Å². The van der Waals surface area contributed by atoms with Gasteiger partial charge in [-0.15, -0.1) is 11.3 Å². The van der Waals surface area contributed by atoms with Gasteiger partial charge in [0.1, 0.15) is 4.21 Å². The van der Waals surface area contributed by atoms with E-state index in [-0.39, 0.29) is 15.7 Å². The molecule has 3 heterocycles. The summed E-state index contributed by atoms with van der Waals surface area (Å²) in [6.45, 7) is 4.26. The molecule has 142 valence electrons. The van der Waals surface area contributed by atoms with Crippen LogP contribution in [0.15, 0.2) is 21.7 Å². The molecule has 1 aromatic heterocycles. The fraction of sp³-hybridized carbons (Fsp3) is 0.733. The Morgan fingerprint density at radius 1 is 1.32 bits per heavy atom. The van der Waals surface area contributed by atoms with Crippen LogP contribution in [0.1, 0.15) is 12.8 Å². The zero-order chi connectivity index (χ0) is 17.9. The highest BCUT2D eigenvalue weighted by Crippen LogP contribution is 2.27.